The van der Waals surface area contributed by atoms with E-state index in [0.29, 0.717) is 0 Å². The van der Waals surface area contributed by atoms with Crippen LogP contribution in [0.15, 0.2) is 36.4 Å². The molecule has 0 radical (unpaired) electrons. The van der Waals surface area contributed by atoms with Gasteiger partial charge in [-0.15, -0.1) is 11.3 Å². The lowest BCUT2D eigenvalue weighted by atomic mass is 10.1. The number of rotatable bonds is 4. The predicted octanol–water partition coefficient (Wildman–Crippen LogP) is 4.71. The Bertz CT molecular complexity index is 498. The molecule has 0 aliphatic heterocycles. The molecule has 1 N–H and O–H groups in total. The van der Waals surface area contributed by atoms with Gasteiger partial charge in [-0.05, 0) is 59.0 Å². The molecule has 90 valence electrons. The van der Waals surface area contributed by atoms with Crippen molar-refractivity contribution in [2.24, 2.45) is 0 Å². The number of thiophene rings is 1. The maximum atomic E-state index is 6.01. The van der Waals surface area contributed by atoms with E-state index >= 15 is 0 Å². The Morgan fingerprint density at radius 1 is 1.35 bits per heavy atom. The van der Waals surface area contributed by atoms with Gasteiger partial charge in [0.2, 0.25) is 0 Å². The summed E-state index contributed by atoms with van der Waals surface area (Å²) in [5, 5.41) is 3.50. The van der Waals surface area contributed by atoms with Crippen molar-refractivity contribution < 1.29 is 0 Å². The summed E-state index contributed by atoms with van der Waals surface area (Å²) in [6, 6.07) is 12.9. The fraction of sp³-hybridized carbons (Fsp3) is 0.231. The molecule has 4 heteroatoms. The van der Waals surface area contributed by atoms with E-state index < -0.39 is 0 Å². The van der Waals surface area contributed by atoms with Crippen LogP contribution in [0.3, 0.4) is 0 Å². The van der Waals surface area contributed by atoms with Gasteiger partial charge in [0.05, 0.1) is 10.4 Å². The zero-order chi connectivity index (χ0) is 12.3. The SMILES string of the molecule is CCNC(c1cccc(I)c1)c1ccc(Cl)s1. The fourth-order valence-electron chi connectivity index (χ4n) is 1.76. The molecule has 1 unspecified atom stereocenters. The maximum absolute atomic E-state index is 6.01. The van der Waals surface area contributed by atoms with Gasteiger partial charge >= 0.3 is 0 Å². The molecule has 0 aliphatic rings. The highest BCUT2D eigenvalue weighted by atomic mass is 127. The van der Waals surface area contributed by atoms with Crippen molar-refractivity contribution >= 4 is 45.5 Å². The quantitative estimate of drug-likeness (QED) is 0.761. The molecule has 0 amide bonds. The van der Waals surface area contributed by atoms with Crippen LogP contribution in [0, 0.1) is 3.57 Å². The summed E-state index contributed by atoms with van der Waals surface area (Å²) in [5.41, 5.74) is 1.29. The molecule has 0 spiro atoms. The van der Waals surface area contributed by atoms with Crippen molar-refractivity contribution in [3.05, 3.63) is 54.7 Å². The van der Waals surface area contributed by atoms with Crippen LogP contribution in [0.5, 0.6) is 0 Å². The number of hydrogen-bond acceptors (Lipinski definition) is 2. The molecule has 0 bridgehead atoms. The van der Waals surface area contributed by atoms with Gasteiger partial charge in [0.15, 0.2) is 0 Å². The summed E-state index contributed by atoms with van der Waals surface area (Å²) in [6.45, 7) is 3.06. The average molecular weight is 378 g/mol. The molecule has 2 aromatic rings. The minimum absolute atomic E-state index is 0.243. The number of nitrogens with one attached hydrogen (secondary N) is 1. The molecule has 0 aliphatic carbocycles. The lowest BCUT2D eigenvalue weighted by molar-refractivity contribution is 0.639. The summed E-state index contributed by atoms with van der Waals surface area (Å²) >= 11 is 9.99. The van der Waals surface area contributed by atoms with Gasteiger partial charge in [-0.1, -0.05) is 30.7 Å². The zero-order valence-electron chi connectivity index (χ0n) is 9.41. The second-order valence-corrected chi connectivity index (χ2v) is 6.68. The lowest BCUT2D eigenvalue weighted by Crippen LogP contribution is -2.21. The van der Waals surface area contributed by atoms with E-state index in [1.807, 2.05) is 6.07 Å². The van der Waals surface area contributed by atoms with Crippen molar-refractivity contribution in [1.29, 1.82) is 0 Å². The summed E-state index contributed by atoms with van der Waals surface area (Å²) < 4.78 is 2.10. The van der Waals surface area contributed by atoms with Crippen LogP contribution in [-0.4, -0.2) is 6.54 Å². The van der Waals surface area contributed by atoms with Crippen LogP contribution in [0.1, 0.15) is 23.4 Å². The molecule has 1 heterocycles. The first kappa shape index (κ1) is 13.3. The van der Waals surface area contributed by atoms with E-state index in [9.17, 15) is 0 Å². The van der Waals surface area contributed by atoms with Gasteiger partial charge in [-0.25, -0.2) is 0 Å². The topological polar surface area (TPSA) is 12.0 Å². The molecule has 17 heavy (non-hydrogen) atoms. The predicted molar refractivity (Wildman–Crippen MR) is 84.0 cm³/mol. The minimum Gasteiger partial charge on any atom is -0.306 e. The Morgan fingerprint density at radius 3 is 2.76 bits per heavy atom. The highest BCUT2D eigenvalue weighted by molar-refractivity contribution is 14.1. The van der Waals surface area contributed by atoms with Crippen LogP contribution in [-0.2, 0) is 0 Å². The van der Waals surface area contributed by atoms with Crippen molar-refractivity contribution in [2.75, 3.05) is 6.54 Å². The van der Waals surface area contributed by atoms with Crippen LogP contribution in [0.25, 0.3) is 0 Å². The third-order valence-corrected chi connectivity index (χ3v) is 4.44. The van der Waals surface area contributed by atoms with Crippen molar-refractivity contribution in [2.45, 2.75) is 13.0 Å². The minimum atomic E-state index is 0.243. The third-order valence-electron chi connectivity index (χ3n) is 2.47. The summed E-state index contributed by atoms with van der Waals surface area (Å²) in [5.74, 6) is 0. The van der Waals surface area contributed by atoms with Crippen molar-refractivity contribution in [3.8, 4) is 0 Å². The Hall–Kier alpha value is -0.100. The molecular formula is C13H13ClINS. The molecule has 1 aromatic carbocycles. The van der Waals surface area contributed by atoms with Crippen LogP contribution >= 0.6 is 45.5 Å². The summed E-state index contributed by atoms with van der Waals surface area (Å²) in [7, 11) is 0. The Labute approximate surface area is 124 Å². The van der Waals surface area contributed by atoms with Crippen LogP contribution < -0.4 is 5.32 Å². The van der Waals surface area contributed by atoms with E-state index in [0.717, 1.165) is 10.9 Å². The smallest absolute Gasteiger partial charge is 0.0931 e. The van der Waals surface area contributed by atoms with E-state index in [-0.39, 0.29) is 6.04 Å². The Kier molecular flexibility index (Phi) is 4.85. The monoisotopic (exact) mass is 377 g/mol. The number of halogens is 2. The molecule has 1 nitrogen and oxygen atoms in total. The first-order valence-electron chi connectivity index (χ1n) is 5.44. The maximum Gasteiger partial charge on any atom is 0.0931 e. The summed E-state index contributed by atoms with van der Waals surface area (Å²) in [4.78, 5) is 1.26. The Morgan fingerprint density at radius 2 is 2.18 bits per heavy atom. The van der Waals surface area contributed by atoms with E-state index in [1.165, 1.54) is 14.0 Å². The molecular weight excluding hydrogens is 365 g/mol. The van der Waals surface area contributed by atoms with Crippen LogP contribution in [0.2, 0.25) is 4.34 Å². The fourth-order valence-corrected chi connectivity index (χ4v) is 3.49. The van der Waals surface area contributed by atoms with Crippen molar-refractivity contribution in [1.82, 2.24) is 5.32 Å². The molecule has 1 atom stereocenters. The summed E-state index contributed by atoms with van der Waals surface area (Å²) in [6.07, 6.45) is 0. The van der Waals surface area contributed by atoms with Gasteiger partial charge in [0, 0.05) is 8.45 Å². The standard InChI is InChI=1S/C13H13ClINS/c1-2-16-13(11-6-7-12(14)17-11)9-4-3-5-10(15)8-9/h3-8,13,16H,2H2,1H3. The highest BCUT2D eigenvalue weighted by Gasteiger charge is 2.15. The normalized spacial score (nSPS) is 12.6. The molecule has 0 saturated heterocycles. The Balaban J connectivity index is 2.35. The molecule has 0 fully saturated rings. The molecule has 0 saturated carbocycles. The second-order valence-electron chi connectivity index (χ2n) is 3.69. The van der Waals surface area contributed by atoms with Gasteiger partial charge in [-0.3, -0.25) is 0 Å². The highest BCUT2D eigenvalue weighted by Crippen LogP contribution is 2.31. The first-order valence-corrected chi connectivity index (χ1v) is 7.72. The molecule has 1 aromatic heterocycles. The van der Waals surface area contributed by atoms with E-state index in [4.69, 9.17) is 11.6 Å². The van der Waals surface area contributed by atoms with Crippen molar-refractivity contribution in [3.63, 3.8) is 0 Å². The average Bonchev–Trinajstić information content (AvgIpc) is 2.72. The molecule has 2 rings (SSSR count). The lowest BCUT2D eigenvalue weighted by Gasteiger charge is -2.17. The van der Waals surface area contributed by atoms with Gasteiger partial charge in [0.1, 0.15) is 0 Å². The van der Waals surface area contributed by atoms with Gasteiger partial charge in [-0.2, -0.15) is 0 Å². The number of benzene rings is 1. The second kappa shape index (κ2) is 6.18. The third kappa shape index (κ3) is 3.44. The van der Waals surface area contributed by atoms with E-state index in [2.05, 4.69) is 65.2 Å². The van der Waals surface area contributed by atoms with E-state index in [1.54, 1.807) is 11.3 Å². The zero-order valence-corrected chi connectivity index (χ0v) is 13.1. The number of hydrogen-bond donors (Lipinski definition) is 1. The first-order chi connectivity index (χ1) is 8.20. The van der Waals surface area contributed by atoms with Gasteiger partial charge < -0.3 is 5.32 Å². The van der Waals surface area contributed by atoms with Crippen LogP contribution in [0.4, 0.5) is 0 Å². The largest absolute Gasteiger partial charge is 0.306 e. The van der Waals surface area contributed by atoms with Gasteiger partial charge in [0.25, 0.3) is 0 Å².